The van der Waals surface area contributed by atoms with Gasteiger partial charge >= 0.3 is 0 Å². The molecule has 1 rings (SSSR count). The van der Waals surface area contributed by atoms with E-state index in [9.17, 15) is 4.79 Å². The Kier molecular flexibility index (Phi) is 7.21. The Bertz CT molecular complexity index is 215. The molecule has 1 aliphatic carbocycles. The summed E-state index contributed by atoms with van der Waals surface area (Å²) in [5.41, 5.74) is 5.57. The third-order valence-electron chi connectivity index (χ3n) is 3.46. The number of carbonyl (C=O) groups is 1. The first-order chi connectivity index (χ1) is 8.27. The van der Waals surface area contributed by atoms with Crippen LogP contribution in [0.15, 0.2) is 0 Å². The highest BCUT2D eigenvalue weighted by atomic mass is 16.2. The molecule has 1 amide bonds. The van der Waals surface area contributed by atoms with Crippen LogP contribution >= 0.6 is 0 Å². The molecule has 3 N–H and O–H groups in total. The fourth-order valence-corrected chi connectivity index (χ4v) is 2.57. The lowest BCUT2D eigenvalue weighted by Crippen LogP contribution is -2.44. The maximum atomic E-state index is 11.7. The predicted octanol–water partition coefficient (Wildman–Crippen LogP) is 1.11. The van der Waals surface area contributed by atoms with Crippen LogP contribution in [-0.2, 0) is 4.79 Å². The molecule has 17 heavy (non-hydrogen) atoms. The van der Waals surface area contributed by atoms with E-state index in [2.05, 4.69) is 10.2 Å². The van der Waals surface area contributed by atoms with E-state index in [4.69, 9.17) is 5.73 Å². The number of amides is 1. The molecule has 0 unspecified atom stereocenters. The molecule has 0 spiro atoms. The summed E-state index contributed by atoms with van der Waals surface area (Å²) in [5.74, 6) is 0.148. The topological polar surface area (TPSA) is 58.4 Å². The molecule has 0 bridgehead atoms. The van der Waals surface area contributed by atoms with Crippen LogP contribution in [0.4, 0.5) is 0 Å². The molecule has 0 saturated heterocycles. The van der Waals surface area contributed by atoms with Crippen molar-refractivity contribution in [3.05, 3.63) is 0 Å². The highest BCUT2D eigenvalue weighted by Crippen LogP contribution is 2.22. The summed E-state index contributed by atoms with van der Waals surface area (Å²) in [6, 6.07) is 0.595. The SMILES string of the molecule is CCNC(=O)CN(CCCN)C1CCCCC1. The van der Waals surface area contributed by atoms with E-state index in [1.165, 1.54) is 32.1 Å². The van der Waals surface area contributed by atoms with E-state index in [1.54, 1.807) is 0 Å². The maximum Gasteiger partial charge on any atom is 0.234 e. The third-order valence-corrected chi connectivity index (χ3v) is 3.46. The molecule has 0 radical (unpaired) electrons. The minimum absolute atomic E-state index is 0.148. The summed E-state index contributed by atoms with van der Waals surface area (Å²) < 4.78 is 0. The highest BCUT2D eigenvalue weighted by molar-refractivity contribution is 5.77. The van der Waals surface area contributed by atoms with Gasteiger partial charge < -0.3 is 11.1 Å². The molecular weight excluding hydrogens is 214 g/mol. The first-order valence-corrected chi connectivity index (χ1v) is 6.98. The van der Waals surface area contributed by atoms with E-state index in [0.29, 0.717) is 25.7 Å². The first-order valence-electron chi connectivity index (χ1n) is 6.98. The number of nitrogens with one attached hydrogen (secondary N) is 1. The quantitative estimate of drug-likeness (QED) is 0.702. The van der Waals surface area contributed by atoms with Crippen molar-refractivity contribution in [3.8, 4) is 0 Å². The first kappa shape index (κ1) is 14.5. The van der Waals surface area contributed by atoms with Gasteiger partial charge in [0.2, 0.25) is 5.91 Å². The van der Waals surface area contributed by atoms with Crippen molar-refractivity contribution >= 4 is 5.91 Å². The van der Waals surface area contributed by atoms with E-state index in [1.807, 2.05) is 6.92 Å². The molecule has 0 atom stereocenters. The summed E-state index contributed by atoms with van der Waals surface area (Å²) in [4.78, 5) is 14.0. The van der Waals surface area contributed by atoms with E-state index >= 15 is 0 Å². The number of rotatable bonds is 7. The average Bonchev–Trinajstić information content (AvgIpc) is 2.36. The molecule has 4 heteroatoms. The van der Waals surface area contributed by atoms with Gasteiger partial charge in [-0.05, 0) is 32.7 Å². The normalized spacial score (nSPS) is 17.4. The van der Waals surface area contributed by atoms with Crippen molar-refractivity contribution in [1.29, 1.82) is 0 Å². The van der Waals surface area contributed by atoms with Crippen LogP contribution in [0.3, 0.4) is 0 Å². The van der Waals surface area contributed by atoms with E-state index in [0.717, 1.165) is 13.0 Å². The third kappa shape index (κ3) is 5.50. The Morgan fingerprint density at radius 2 is 2.06 bits per heavy atom. The van der Waals surface area contributed by atoms with Gasteiger partial charge in [-0.15, -0.1) is 0 Å². The van der Waals surface area contributed by atoms with Gasteiger partial charge in [-0.2, -0.15) is 0 Å². The van der Waals surface area contributed by atoms with Crippen LogP contribution in [0, 0.1) is 0 Å². The highest BCUT2D eigenvalue weighted by Gasteiger charge is 2.22. The summed E-state index contributed by atoms with van der Waals surface area (Å²) >= 11 is 0. The molecule has 1 saturated carbocycles. The minimum atomic E-state index is 0.148. The largest absolute Gasteiger partial charge is 0.355 e. The number of carbonyl (C=O) groups excluding carboxylic acids is 1. The Balaban J connectivity index is 2.43. The second-order valence-corrected chi connectivity index (χ2v) is 4.86. The van der Waals surface area contributed by atoms with Gasteiger partial charge in [0.25, 0.3) is 0 Å². The Morgan fingerprint density at radius 1 is 1.35 bits per heavy atom. The van der Waals surface area contributed by atoms with Gasteiger partial charge in [-0.25, -0.2) is 0 Å². The van der Waals surface area contributed by atoms with Crippen LogP contribution < -0.4 is 11.1 Å². The molecule has 100 valence electrons. The van der Waals surface area contributed by atoms with Gasteiger partial charge in [0.15, 0.2) is 0 Å². The van der Waals surface area contributed by atoms with Crippen LogP contribution in [0.5, 0.6) is 0 Å². The standard InChI is InChI=1S/C13H27N3O/c1-2-15-13(17)11-16(10-6-9-14)12-7-4-3-5-8-12/h12H,2-11,14H2,1H3,(H,15,17). The molecule has 0 aliphatic heterocycles. The van der Waals surface area contributed by atoms with Gasteiger partial charge in [-0.1, -0.05) is 19.3 Å². The smallest absolute Gasteiger partial charge is 0.234 e. The van der Waals surface area contributed by atoms with Crippen molar-refractivity contribution in [2.45, 2.75) is 51.5 Å². The number of nitrogens with zero attached hydrogens (tertiary/aromatic N) is 1. The molecule has 0 aromatic heterocycles. The van der Waals surface area contributed by atoms with Crippen LogP contribution in [0.2, 0.25) is 0 Å². The van der Waals surface area contributed by atoms with Crippen LogP contribution in [-0.4, -0.2) is 43.0 Å². The van der Waals surface area contributed by atoms with Crippen molar-refractivity contribution in [2.75, 3.05) is 26.2 Å². The van der Waals surface area contributed by atoms with Crippen molar-refractivity contribution in [3.63, 3.8) is 0 Å². The monoisotopic (exact) mass is 241 g/mol. The Morgan fingerprint density at radius 3 is 2.65 bits per heavy atom. The van der Waals surface area contributed by atoms with Gasteiger partial charge in [0.1, 0.15) is 0 Å². The average molecular weight is 241 g/mol. The van der Waals surface area contributed by atoms with Gasteiger partial charge in [0.05, 0.1) is 6.54 Å². The fourth-order valence-electron chi connectivity index (χ4n) is 2.57. The second kappa shape index (κ2) is 8.48. The van der Waals surface area contributed by atoms with Crippen LogP contribution in [0.1, 0.15) is 45.4 Å². The number of hydrogen-bond donors (Lipinski definition) is 2. The van der Waals surface area contributed by atoms with Crippen molar-refractivity contribution in [1.82, 2.24) is 10.2 Å². The number of likely N-dealkylation sites (N-methyl/N-ethyl adjacent to an activating group) is 1. The van der Waals surface area contributed by atoms with Crippen molar-refractivity contribution < 1.29 is 4.79 Å². The number of hydrogen-bond acceptors (Lipinski definition) is 3. The Hall–Kier alpha value is -0.610. The zero-order chi connectivity index (χ0) is 12.5. The zero-order valence-electron chi connectivity index (χ0n) is 11.1. The maximum absolute atomic E-state index is 11.7. The Labute approximate surface area is 105 Å². The van der Waals surface area contributed by atoms with E-state index < -0.39 is 0 Å². The van der Waals surface area contributed by atoms with Gasteiger partial charge in [0, 0.05) is 19.1 Å². The lowest BCUT2D eigenvalue weighted by molar-refractivity contribution is -0.122. The number of nitrogens with two attached hydrogens (primary N) is 1. The second-order valence-electron chi connectivity index (χ2n) is 4.86. The molecule has 0 heterocycles. The molecule has 0 aromatic rings. The molecule has 1 aliphatic rings. The lowest BCUT2D eigenvalue weighted by atomic mass is 9.94. The molecule has 1 fully saturated rings. The van der Waals surface area contributed by atoms with Gasteiger partial charge in [-0.3, -0.25) is 9.69 Å². The molecular formula is C13H27N3O. The minimum Gasteiger partial charge on any atom is -0.355 e. The van der Waals surface area contributed by atoms with E-state index in [-0.39, 0.29) is 5.91 Å². The lowest BCUT2D eigenvalue weighted by Gasteiger charge is -2.33. The van der Waals surface area contributed by atoms with Crippen LogP contribution in [0.25, 0.3) is 0 Å². The predicted molar refractivity (Wildman–Crippen MR) is 70.8 cm³/mol. The summed E-state index contributed by atoms with van der Waals surface area (Å²) in [6.45, 7) is 4.88. The molecule has 4 nitrogen and oxygen atoms in total. The molecule has 0 aromatic carbocycles. The summed E-state index contributed by atoms with van der Waals surface area (Å²) in [6.07, 6.45) is 7.42. The summed E-state index contributed by atoms with van der Waals surface area (Å²) in [5, 5.41) is 2.88. The van der Waals surface area contributed by atoms with Crippen molar-refractivity contribution in [2.24, 2.45) is 5.73 Å². The fraction of sp³-hybridized carbons (Fsp3) is 0.923. The summed E-state index contributed by atoms with van der Waals surface area (Å²) in [7, 11) is 0. The zero-order valence-corrected chi connectivity index (χ0v) is 11.1.